The van der Waals surface area contributed by atoms with Crippen molar-refractivity contribution >= 4 is 0 Å². The van der Waals surface area contributed by atoms with Crippen molar-refractivity contribution in [2.45, 2.75) is 89.9 Å². The summed E-state index contributed by atoms with van der Waals surface area (Å²) in [6.07, 6.45) is 7.72. The third kappa shape index (κ3) is 12.1. The Morgan fingerprint density at radius 1 is 0.609 bits per heavy atom. The van der Waals surface area contributed by atoms with Gasteiger partial charge in [-0.1, -0.05) is 142 Å². The predicted molar refractivity (Wildman–Crippen MR) is 195 cm³/mol. The van der Waals surface area contributed by atoms with E-state index in [1.165, 1.54) is 22.3 Å². The number of hydrogen-bond acceptors (Lipinski definition) is 5. The highest BCUT2D eigenvalue weighted by Crippen LogP contribution is 2.27. The van der Waals surface area contributed by atoms with Crippen molar-refractivity contribution < 1.29 is 0 Å². The molecule has 5 heteroatoms. The van der Waals surface area contributed by atoms with E-state index in [4.69, 9.17) is 0 Å². The number of hydrogen-bond donors (Lipinski definition) is 4. The molecule has 4 atom stereocenters. The van der Waals surface area contributed by atoms with E-state index in [0.29, 0.717) is 5.92 Å². The SMILES string of the molecule is CCCNC(CCC(c1ccccc1)N(NCCCCc1ccccc1)NC(CC)c1ccccc1)NCC(C)c1ccccc1. The van der Waals surface area contributed by atoms with Crippen LogP contribution in [0.3, 0.4) is 0 Å². The lowest BCUT2D eigenvalue weighted by Crippen LogP contribution is -2.52. The second kappa shape index (κ2) is 20.7. The molecule has 4 unspecified atom stereocenters. The molecule has 0 aliphatic heterocycles. The van der Waals surface area contributed by atoms with Gasteiger partial charge in [0.25, 0.3) is 0 Å². The fourth-order valence-electron chi connectivity index (χ4n) is 6.06. The summed E-state index contributed by atoms with van der Waals surface area (Å²) in [5.74, 6) is 0.448. The van der Waals surface area contributed by atoms with E-state index in [1.54, 1.807) is 0 Å². The number of nitrogens with one attached hydrogen (secondary N) is 4. The van der Waals surface area contributed by atoms with Gasteiger partial charge in [0.15, 0.2) is 0 Å². The molecule has 0 radical (unpaired) electrons. The van der Waals surface area contributed by atoms with Crippen molar-refractivity contribution in [3.63, 3.8) is 0 Å². The lowest BCUT2D eigenvalue weighted by atomic mass is 9.99. The first-order chi connectivity index (χ1) is 22.7. The zero-order valence-corrected chi connectivity index (χ0v) is 28.4. The number of aryl methyl sites for hydroxylation is 1. The topological polar surface area (TPSA) is 51.4 Å². The fraction of sp³-hybridized carbons (Fsp3) is 0.415. The van der Waals surface area contributed by atoms with E-state index in [-0.39, 0.29) is 18.2 Å². The Morgan fingerprint density at radius 3 is 1.80 bits per heavy atom. The normalized spacial score (nSPS) is 14.2. The number of nitrogens with zero attached hydrogens (tertiary/aromatic N) is 1. The van der Waals surface area contributed by atoms with Crippen molar-refractivity contribution in [3.8, 4) is 0 Å². The number of rotatable bonds is 22. The number of benzene rings is 4. The Labute approximate surface area is 279 Å². The summed E-state index contributed by atoms with van der Waals surface area (Å²) in [5, 5.41) is 10.0. The van der Waals surface area contributed by atoms with Crippen molar-refractivity contribution in [2.75, 3.05) is 19.6 Å². The summed E-state index contributed by atoms with van der Waals surface area (Å²) in [4.78, 5) is 0. The van der Waals surface area contributed by atoms with Gasteiger partial charge in [-0.25, -0.2) is 10.9 Å². The summed E-state index contributed by atoms with van der Waals surface area (Å²) < 4.78 is 0. The zero-order valence-electron chi connectivity index (χ0n) is 28.4. The van der Waals surface area contributed by atoms with E-state index < -0.39 is 0 Å². The quantitative estimate of drug-likeness (QED) is 0.0403. The van der Waals surface area contributed by atoms with Gasteiger partial charge < -0.3 is 10.6 Å². The Hall–Kier alpha value is -3.32. The number of unbranched alkanes of at least 4 members (excludes halogenated alkanes) is 1. The maximum Gasteiger partial charge on any atom is 0.0650 e. The monoisotopic (exact) mass is 619 g/mol. The molecule has 246 valence electrons. The lowest BCUT2D eigenvalue weighted by Gasteiger charge is -2.37. The lowest BCUT2D eigenvalue weighted by molar-refractivity contribution is 0.0286. The molecular weight excluding hydrogens is 562 g/mol. The van der Waals surface area contributed by atoms with Crippen LogP contribution in [0.5, 0.6) is 0 Å². The highest BCUT2D eigenvalue weighted by atomic mass is 15.7. The fourth-order valence-corrected chi connectivity index (χ4v) is 6.06. The Bertz CT molecular complexity index is 1300. The highest BCUT2D eigenvalue weighted by molar-refractivity contribution is 5.21. The second-order valence-electron chi connectivity index (χ2n) is 12.5. The van der Waals surface area contributed by atoms with Crippen molar-refractivity contribution in [3.05, 3.63) is 144 Å². The molecule has 0 aromatic heterocycles. The van der Waals surface area contributed by atoms with Crippen molar-refractivity contribution in [2.24, 2.45) is 0 Å². The van der Waals surface area contributed by atoms with Gasteiger partial charge in [-0.3, -0.25) is 0 Å². The zero-order chi connectivity index (χ0) is 32.2. The minimum Gasteiger partial charge on any atom is -0.302 e. The molecule has 0 fully saturated rings. The van der Waals surface area contributed by atoms with Gasteiger partial charge in [0.2, 0.25) is 0 Å². The van der Waals surface area contributed by atoms with Crippen LogP contribution in [-0.4, -0.2) is 30.9 Å². The average Bonchev–Trinajstić information content (AvgIpc) is 3.12. The molecule has 4 aromatic carbocycles. The molecule has 0 saturated heterocycles. The van der Waals surface area contributed by atoms with Crippen LogP contribution in [0, 0.1) is 0 Å². The van der Waals surface area contributed by atoms with Crippen LogP contribution in [0.4, 0.5) is 0 Å². The molecule has 0 amide bonds. The van der Waals surface area contributed by atoms with E-state index in [0.717, 1.165) is 64.6 Å². The van der Waals surface area contributed by atoms with Crippen LogP contribution in [-0.2, 0) is 6.42 Å². The van der Waals surface area contributed by atoms with Gasteiger partial charge >= 0.3 is 0 Å². The molecule has 46 heavy (non-hydrogen) atoms. The van der Waals surface area contributed by atoms with Gasteiger partial charge in [0.1, 0.15) is 0 Å². The molecular formula is C41H57N5. The Balaban J connectivity index is 1.48. The van der Waals surface area contributed by atoms with Crippen LogP contribution in [0.1, 0.15) is 99.6 Å². The van der Waals surface area contributed by atoms with E-state index in [2.05, 4.69) is 169 Å². The molecule has 0 saturated carbocycles. The minimum atomic E-state index is 0.160. The van der Waals surface area contributed by atoms with E-state index in [9.17, 15) is 0 Å². The molecule has 4 aromatic rings. The first-order valence-corrected chi connectivity index (χ1v) is 17.6. The van der Waals surface area contributed by atoms with Crippen molar-refractivity contribution in [1.29, 1.82) is 0 Å². The smallest absolute Gasteiger partial charge is 0.0650 e. The average molecular weight is 620 g/mol. The maximum atomic E-state index is 3.95. The summed E-state index contributed by atoms with van der Waals surface area (Å²) in [7, 11) is 0. The van der Waals surface area contributed by atoms with Gasteiger partial charge in [-0.05, 0) is 79.7 Å². The van der Waals surface area contributed by atoms with E-state index >= 15 is 0 Å². The standard InChI is InChI=1S/C41H57N5/c1-4-31-42-41(43-33-34(3)36-23-12-7-13-24-36)30-29-40(38-27-16-9-17-28-38)46(45-39(5-2)37-25-14-8-15-26-37)44-32-19-18-22-35-20-10-6-11-21-35/h6-17,20-21,23-28,34,39-45H,4-5,18-19,22,29-33H2,1-3H3. The third-order valence-electron chi connectivity index (χ3n) is 8.83. The molecule has 0 aliphatic rings. The minimum absolute atomic E-state index is 0.160. The molecule has 0 heterocycles. The predicted octanol–water partition coefficient (Wildman–Crippen LogP) is 8.71. The molecule has 0 aliphatic carbocycles. The molecule has 4 rings (SSSR count). The molecule has 5 nitrogen and oxygen atoms in total. The van der Waals surface area contributed by atoms with Gasteiger partial charge in [-0.15, -0.1) is 0 Å². The van der Waals surface area contributed by atoms with Gasteiger partial charge in [0, 0.05) is 19.1 Å². The molecule has 0 spiro atoms. The van der Waals surface area contributed by atoms with Crippen molar-refractivity contribution in [1.82, 2.24) is 26.6 Å². The first kappa shape index (κ1) is 35.5. The van der Waals surface area contributed by atoms with Crippen LogP contribution in [0.2, 0.25) is 0 Å². The second-order valence-corrected chi connectivity index (χ2v) is 12.5. The van der Waals surface area contributed by atoms with Crippen LogP contribution >= 0.6 is 0 Å². The summed E-state index contributed by atoms with van der Waals surface area (Å²) >= 11 is 0. The Morgan fingerprint density at radius 2 is 1.20 bits per heavy atom. The van der Waals surface area contributed by atoms with Crippen LogP contribution in [0.15, 0.2) is 121 Å². The van der Waals surface area contributed by atoms with Gasteiger partial charge in [0.05, 0.1) is 12.2 Å². The third-order valence-corrected chi connectivity index (χ3v) is 8.83. The van der Waals surface area contributed by atoms with Crippen LogP contribution in [0.25, 0.3) is 0 Å². The maximum absolute atomic E-state index is 3.95. The summed E-state index contributed by atoms with van der Waals surface area (Å²) in [6.45, 7) is 9.68. The molecule has 4 N–H and O–H groups in total. The summed E-state index contributed by atoms with van der Waals surface area (Å²) in [5.41, 5.74) is 13.2. The first-order valence-electron chi connectivity index (χ1n) is 17.6. The van der Waals surface area contributed by atoms with E-state index in [1.807, 2.05) is 0 Å². The number of hydrazine groups is 2. The largest absolute Gasteiger partial charge is 0.302 e. The van der Waals surface area contributed by atoms with Crippen LogP contribution < -0.4 is 21.5 Å². The van der Waals surface area contributed by atoms with Gasteiger partial charge in [-0.2, -0.15) is 5.12 Å². The molecule has 0 bridgehead atoms. The highest BCUT2D eigenvalue weighted by Gasteiger charge is 2.25. The summed E-state index contributed by atoms with van der Waals surface area (Å²) in [6, 6.07) is 43.9. The Kier molecular flexibility index (Phi) is 16.0.